The molecule has 0 saturated heterocycles. The van der Waals surface area contributed by atoms with Crippen LogP contribution in [-0.4, -0.2) is 4.98 Å². The van der Waals surface area contributed by atoms with Gasteiger partial charge in [-0.1, -0.05) is 71.9 Å². The molecule has 0 fully saturated rings. The van der Waals surface area contributed by atoms with Crippen LogP contribution in [0.4, 0.5) is 0 Å². The Bertz CT molecular complexity index is 1060. The summed E-state index contributed by atoms with van der Waals surface area (Å²) in [6, 6.07) is 27.3. The highest BCUT2D eigenvalue weighted by molar-refractivity contribution is 7.99. The molecule has 0 aliphatic heterocycles. The van der Waals surface area contributed by atoms with E-state index in [9.17, 15) is 0 Å². The highest BCUT2D eigenvalue weighted by Crippen LogP contribution is 2.27. The van der Waals surface area contributed by atoms with Gasteiger partial charge in [0.1, 0.15) is 5.03 Å². The fourth-order valence-corrected chi connectivity index (χ4v) is 4.09. The summed E-state index contributed by atoms with van der Waals surface area (Å²) in [7, 11) is 0. The molecule has 1 aromatic heterocycles. The van der Waals surface area contributed by atoms with Gasteiger partial charge in [0, 0.05) is 28.7 Å². The first-order valence-corrected chi connectivity index (χ1v) is 10.5. The molecule has 2 nitrogen and oxygen atoms in total. The monoisotopic (exact) mass is 404 g/mol. The van der Waals surface area contributed by atoms with Crippen LogP contribution in [0, 0.1) is 0 Å². The molecule has 4 rings (SSSR count). The average molecular weight is 405 g/mol. The van der Waals surface area contributed by atoms with E-state index in [2.05, 4.69) is 71.8 Å². The number of rotatable bonds is 6. The van der Waals surface area contributed by atoms with Gasteiger partial charge in [-0.15, -0.1) is 0 Å². The van der Waals surface area contributed by atoms with Crippen molar-refractivity contribution in [1.82, 2.24) is 10.3 Å². The first-order chi connectivity index (χ1) is 13.7. The van der Waals surface area contributed by atoms with E-state index in [1.165, 1.54) is 21.9 Å². The molecule has 0 aliphatic rings. The van der Waals surface area contributed by atoms with Crippen LogP contribution in [0.15, 0.2) is 95.0 Å². The highest BCUT2D eigenvalue weighted by atomic mass is 35.5. The van der Waals surface area contributed by atoms with Crippen molar-refractivity contribution in [3.8, 4) is 0 Å². The van der Waals surface area contributed by atoms with Gasteiger partial charge in [0.05, 0.1) is 0 Å². The summed E-state index contributed by atoms with van der Waals surface area (Å²) in [5, 5.41) is 7.93. The Hall–Kier alpha value is -2.33. The largest absolute Gasteiger partial charge is 0.306 e. The molecule has 4 aromatic rings. The Morgan fingerprint density at radius 2 is 1.71 bits per heavy atom. The summed E-state index contributed by atoms with van der Waals surface area (Å²) in [4.78, 5) is 5.72. The van der Waals surface area contributed by atoms with E-state index in [-0.39, 0.29) is 6.04 Å². The smallest absolute Gasteiger partial charge is 0.101 e. The lowest BCUT2D eigenvalue weighted by Gasteiger charge is -2.16. The summed E-state index contributed by atoms with van der Waals surface area (Å²) in [5.74, 6) is 0. The average Bonchev–Trinajstić information content (AvgIpc) is 2.74. The lowest BCUT2D eigenvalue weighted by atomic mass is 9.99. The number of halogens is 1. The van der Waals surface area contributed by atoms with Crippen molar-refractivity contribution in [3.63, 3.8) is 0 Å². The molecule has 0 unspecified atom stereocenters. The lowest BCUT2D eigenvalue weighted by Crippen LogP contribution is -2.18. The minimum Gasteiger partial charge on any atom is -0.306 e. The third-order valence-electron chi connectivity index (χ3n) is 4.74. The van der Waals surface area contributed by atoms with Gasteiger partial charge < -0.3 is 5.32 Å². The number of pyridine rings is 1. The Morgan fingerprint density at radius 1 is 0.929 bits per heavy atom. The number of nitrogens with one attached hydrogen (secondary N) is 1. The zero-order valence-corrected chi connectivity index (χ0v) is 17.2. The van der Waals surface area contributed by atoms with Crippen molar-refractivity contribution in [2.75, 3.05) is 0 Å². The molecule has 0 bridgehead atoms. The number of hydrogen-bond donors (Lipinski definition) is 1. The standard InChI is InChI=1S/C24H21ClN2S/c1-17(22-8-4-6-19-5-2-3-7-23(19)22)26-15-18-9-14-24(27-16-18)28-21-12-10-20(25)11-13-21/h2-14,16-17,26H,15H2,1H3/t17-/m1/s1. The van der Waals surface area contributed by atoms with Crippen LogP contribution in [0.2, 0.25) is 5.02 Å². The van der Waals surface area contributed by atoms with E-state index in [0.717, 1.165) is 21.5 Å². The Kier molecular flexibility index (Phi) is 5.96. The summed E-state index contributed by atoms with van der Waals surface area (Å²) >= 11 is 7.58. The van der Waals surface area contributed by atoms with E-state index in [4.69, 9.17) is 11.6 Å². The molecule has 3 aromatic carbocycles. The molecular weight excluding hydrogens is 384 g/mol. The maximum atomic E-state index is 5.94. The molecule has 140 valence electrons. The third-order valence-corrected chi connectivity index (χ3v) is 5.95. The van der Waals surface area contributed by atoms with Gasteiger partial charge >= 0.3 is 0 Å². The lowest BCUT2D eigenvalue weighted by molar-refractivity contribution is 0.577. The Balaban J connectivity index is 1.40. The second-order valence-corrected chi connectivity index (χ2v) is 8.26. The van der Waals surface area contributed by atoms with E-state index >= 15 is 0 Å². The predicted octanol–water partition coefficient (Wildman–Crippen LogP) is 6.89. The quantitative estimate of drug-likeness (QED) is 0.378. The molecule has 28 heavy (non-hydrogen) atoms. The minimum absolute atomic E-state index is 0.259. The van der Waals surface area contributed by atoms with Crippen LogP contribution in [0.1, 0.15) is 24.1 Å². The van der Waals surface area contributed by atoms with E-state index < -0.39 is 0 Å². The molecular formula is C24H21ClN2S. The zero-order chi connectivity index (χ0) is 19.3. The predicted molar refractivity (Wildman–Crippen MR) is 119 cm³/mol. The van der Waals surface area contributed by atoms with Crippen LogP contribution < -0.4 is 5.32 Å². The van der Waals surface area contributed by atoms with Crippen molar-refractivity contribution < 1.29 is 0 Å². The van der Waals surface area contributed by atoms with E-state index in [1.54, 1.807) is 11.8 Å². The molecule has 1 heterocycles. The molecule has 0 saturated carbocycles. The van der Waals surface area contributed by atoms with Crippen LogP contribution in [-0.2, 0) is 6.54 Å². The fraction of sp³-hybridized carbons (Fsp3) is 0.125. The maximum Gasteiger partial charge on any atom is 0.101 e. The van der Waals surface area contributed by atoms with Gasteiger partial charge in [0.15, 0.2) is 0 Å². The maximum absolute atomic E-state index is 5.94. The van der Waals surface area contributed by atoms with Crippen LogP contribution >= 0.6 is 23.4 Å². The minimum atomic E-state index is 0.259. The van der Waals surface area contributed by atoms with Gasteiger partial charge in [-0.25, -0.2) is 4.98 Å². The molecule has 1 atom stereocenters. The fourth-order valence-electron chi connectivity index (χ4n) is 3.21. The first kappa shape index (κ1) is 19.0. The van der Waals surface area contributed by atoms with E-state index in [1.807, 2.05) is 30.5 Å². The van der Waals surface area contributed by atoms with Gasteiger partial charge in [0.25, 0.3) is 0 Å². The summed E-state index contributed by atoms with van der Waals surface area (Å²) in [6.07, 6.45) is 1.95. The van der Waals surface area contributed by atoms with E-state index in [0.29, 0.717) is 0 Å². The van der Waals surface area contributed by atoms with Crippen LogP contribution in [0.25, 0.3) is 10.8 Å². The SMILES string of the molecule is C[C@@H](NCc1ccc(Sc2ccc(Cl)cc2)nc1)c1cccc2ccccc12. The zero-order valence-electron chi connectivity index (χ0n) is 15.6. The van der Waals surface area contributed by atoms with Crippen molar-refractivity contribution in [1.29, 1.82) is 0 Å². The van der Waals surface area contributed by atoms with Crippen molar-refractivity contribution >= 4 is 34.1 Å². The third kappa shape index (κ3) is 4.56. The summed E-state index contributed by atoms with van der Waals surface area (Å²) < 4.78 is 0. The molecule has 4 heteroatoms. The molecule has 1 N–H and O–H groups in total. The van der Waals surface area contributed by atoms with Crippen LogP contribution in [0.5, 0.6) is 0 Å². The Morgan fingerprint density at radius 3 is 2.50 bits per heavy atom. The summed E-state index contributed by atoms with van der Waals surface area (Å²) in [5.41, 5.74) is 2.49. The van der Waals surface area contributed by atoms with Gasteiger partial charge in [-0.05, 0) is 59.2 Å². The molecule has 0 spiro atoms. The Labute approximate surface area is 175 Å². The van der Waals surface area contributed by atoms with Crippen LogP contribution in [0.3, 0.4) is 0 Å². The second-order valence-electron chi connectivity index (χ2n) is 6.73. The molecule has 0 radical (unpaired) electrons. The topological polar surface area (TPSA) is 24.9 Å². The van der Waals surface area contributed by atoms with Gasteiger partial charge in [-0.3, -0.25) is 0 Å². The van der Waals surface area contributed by atoms with Crippen molar-refractivity contribution in [2.24, 2.45) is 0 Å². The van der Waals surface area contributed by atoms with Gasteiger partial charge in [0.2, 0.25) is 0 Å². The summed E-state index contributed by atoms with van der Waals surface area (Å²) in [6.45, 7) is 2.99. The molecule has 0 aliphatic carbocycles. The first-order valence-electron chi connectivity index (χ1n) is 9.28. The number of aromatic nitrogens is 1. The second kappa shape index (κ2) is 8.78. The van der Waals surface area contributed by atoms with Crippen molar-refractivity contribution in [2.45, 2.75) is 29.4 Å². The number of fused-ring (bicyclic) bond motifs is 1. The van der Waals surface area contributed by atoms with Gasteiger partial charge in [-0.2, -0.15) is 0 Å². The highest BCUT2D eigenvalue weighted by Gasteiger charge is 2.09. The number of hydrogen-bond acceptors (Lipinski definition) is 3. The molecule has 0 amide bonds. The number of nitrogens with zero attached hydrogens (tertiary/aromatic N) is 1. The normalized spacial score (nSPS) is 12.2. The van der Waals surface area contributed by atoms with Crippen molar-refractivity contribution in [3.05, 3.63) is 101 Å². The number of benzene rings is 3.